The number of nitrogens with zero attached hydrogens (tertiary/aromatic N) is 4. The van der Waals surface area contributed by atoms with E-state index >= 15 is 0 Å². The van der Waals surface area contributed by atoms with E-state index in [1.54, 1.807) is 23.7 Å². The van der Waals surface area contributed by atoms with Gasteiger partial charge >= 0.3 is 0 Å². The summed E-state index contributed by atoms with van der Waals surface area (Å²) in [6.45, 7) is 6.52. The first-order valence-electron chi connectivity index (χ1n) is 6.79. The summed E-state index contributed by atoms with van der Waals surface area (Å²) in [5, 5.41) is 11.3. The first kappa shape index (κ1) is 13.8. The molecule has 3 heterocycles. The van der Waals surface area contributed by atoms with Crippen LogP contribution in [0, 0.1) is 11.3 Å². The van der Waals surface area contributed by atoms with Gasteiger partial charge in [0, 0.05) is 34.4 Å². The van der Waals surface area contributed by atoms with Gasteiger partial charge in [-0.2, -0.15) is 5.26 Å². The third-order valence-electron chi connectivity index (χ3n) is 3.41. The highest BCUT2D eigenvalue weighted by molar-refractivity contribution is 7.15. The normalized spacial score (nSPS) is 11.7. The Morgan fingerprint density at radius 2 is 2.19 bits per heavy atom. The summed E-state index contributed by atoms with van der Waals surface area (Å²) in [5.74, 6) is 0. The zero-order valence-corrected chi connectivity index (χ0v) is 13.1. The van der Waals surface area contributed by atoms with Gasteiger partial charge in [-0.05, 0) is 12.1 Å². The second kappa shape index (κ2) is 4.97. The lowest BCUT2D eigenvalue weighted by atomic mass is 9.93. The molecule has 3 rings (SSSR count). The van der Waals surface area contributed by atoms with Crippen LogP contribution in [0.5, 0.6) is 0 Å². The minimum Gasteiger partial charge on any atom is -0.289 e. The Bertz CT molecular complexity index is 816. The zero-order valence-electron chi connectivity index (χ0n) is 12.3. The number of rotatable bonds is 2. The number of fused-ring (bicyclic) bond motifs is 1. The summed E-state index contributed by atoms with van der Waals surface area (Å²) < 4.78 is 2.14. The molecule has 3 aromatic rings. The smallest absolute Gasteiger partial charge is 0.194 e. The lowest BCUT2D eigenvalue weighted by Gasteiger charge is -2.18. The van der Waals surface area contributed by atoms with Crippen LogP contribution in [-0.2, 0) is 11.8 Å². The molecule has 0 saturated heterocycles. The minimum atomic E-state index is 0.00929. The predicted molar refractivity (Wildman–Crippen MR) is 84.3 cm³/mol. The molecule has 0 N–H and O–H groups in total. The number of nitriles is 1. The quantitative estimate of drug-likeness (QED) is 0.722. The van der Waals surface area contributed by atoms with Gasteiger partial charge in [0.25, 0.3) is 0 Å². The lowest BCUT2D eigenvalue weighted by molar-refractivity contribution is 0.562. The predicted octanol–water partition coefficient (Wildman–Crippen LogP) is 3.82. The van der Waals surface area contributed by atoms with E-state index in [2.05, 4.69) is 41.6 Å². The van der Waals surface area contributed by atoms with Crippen molar-refractivity contribution in [3.05, 3.63) is 41.3 Å². The van der Waals surface area contributed by atoms with E-state index in [9.17, 15) is 5.26 Å². The Labute approximate surface area is 127 Å². The summed E-state index contributed by atoms with van der Waals surface area (Å²) >= 11 is 1.62. The van der Waals surface area contributed by atoms with Gasteiger partial charge in [-0.1, -0.05) is 20.8 Å². The highest BCUT2D eigenvalue weighted by atomic mass is 32.1. The summed E-state index contributed by atoms with van der Waals surface area (Å²) in [7, 11) is 0. The molecule has 0 aliphatic rings. The fourth-order valence-corrected chi connectivity index (χ4v) is 3.54. The highest BCUT2D eigenvalue weighted by Gasteiger charge is 2.24. The molecule has 0 amide bonds. The van der Waals surface area contributed by atoms with Gasteiger partial charge in [0.1, 0.15) is 0 Å². The van der Waals surface area contributed by atoms with Crippen molar-refractivity contribution in [3.63, 3.8) is 0 Å². The van der Waals surface area contributed by atoms with Gasteiger partial charge in [0.2, 0.25) is 0 Å². The summed E-state index contributed by atoms with van der Waals surface area (Å²) in [4.78, 5) is 9.82. The van der Waals surface area contributed by atoms with Crippen LogP contribution in [0.3, 0.4) is 0 Å². The van der Waals surface area contributed by atoms with Crippen molar-refractivity contribution in [1.29, 1.82) is 5.26 Å². The number of imidazole rings is 1. The van der Waals surface area contributed by atoms with E-state index in [0.717, 1.165) is 21.9 Å². The average molecular weight is 296 g/mol. The Kier molecular flexibility index (Phi) is 3.26. The molecule has 4 nitrogen and oxygen atoms in total. The maximum absolute atomic E-state index is 9.20. The Morgan fingerprint density at radius 3 is 2.81 bits per heavy atom. The number of hydrogen-bond acceptors (Lipinski definition) is 4. The zero-order chi connectivity index (χ0) is 15.0. The standard InChI is InChI=1S/C16H16N4S/c1-16(2,3)13-10-21-15-19-14(11-5-4-8-18-9-11)12(6-7-17)20(13)15/h4-5,8-10H,6H2,1-3H3. The SMILES string of the molecule is CC(C)(C)c1csc2nc(-c3cccnc3)c(CC#N)n12. The number of thiazole rings is 1. The summed E-state index contributed by atoms with van der Waals surface area (Å²) in [5.41, 5.74) is 3.97. The second-order valence-corrected chi connectivity index (χ2v) is 6.81. The van der Waals surface area contributed by atoms with Crippen molar-refractivity contribution in [2.45, 2.75) is 32.6 Å². The largest absolute Gasteiger partial charge is 0.289 e. The topological polar surface area (TPSA) is 54.0 Å². The highest BCUT2D eigenvalue weighted by Crippen LogP contribution is 2.33. The van der Waals surface area contributed by atoms with Crippen molar-refractivity contribution < 1.29 is 0 Å². The second-order valence-electron chi connectivity index (χ2n) is 5.97. The van der Waals surface area contributed by atoms with Crippen molar-refractivity contribution in [1.82, 2.24) is 14.4 Å². The maximum Gasteiger partial charge on any atom is 0.194 e. The lowest BCUT2D eigenvalue weighted by Crippen LogP contribution is -2.15. The number of aromatic nitrogens is 3. The van der Waals surface area contributed by atoms with Crippen molar-refractivity contribution >= 4 is 16.3 Å². The number of pyridine rings is 1. The van der Waals surface area contributed by atoms with Crippen LogP contribution < -0.4 is 0 Å². The third kappa shape index (κ3) is 2.32. The van der Waals surface area contributed by atoms with Crippen molar-refractivity contribution in [3.8, 4) is 17.3 Å². The van der Waals surface area contributed by atoms with Crippen LogP contribution in [0.1, 0.15) is 32.2 Å². The van der Waals surface area contributed by atoms with Crippen LogP contribution in [-0.4, -0.2) is 14.4 Å². The Hall–Kier alpha value is -2.19. The molecule has 0 radical (unpaired) electrons. The Morgan fingerprint density at radius 1 is 1.38 bits per heavy atom. The molecular formula is C16H16N4S. The molecule has 0 spiro atoms. The molecule has 3 aromatic heterocycles. The van der Waals surface area contributed by atoms with Gasteiger partial charge in [-0.15, -0.1) is 11.3 Å². The molecular weight excluding hydrogens is 280 g/mol. The monoisotopic (exact) mass is 296 g/mol. The molecule has 0 atom stereocenters. The molecule has 0 aliphatic heterocycles. The van der Waals surface area contributed by atoms with E-state index in [0.29, 0.717) is 6.42 Å². The van der Waals surface area contributed by atoms with E-state index in [1.165, 1.54) is 5.69 Å². The molecule has 0 fully saturated rings. The molecule has 0 saturated carbocycles. The molecule has 5 heteroatoms. The van der Waals surface area contributed by atoms with Crippen LogP contribution in [0.25, 0.3) is 16.2 Å². The fourth-order valence-electron chi connectivity index (χ4n) is 2.40. The van der Waals surface area contributed by atoms with E-state index in [1.807, 2.05) is 12.1 Å². The van der Waals surface area contributed by atoms with E-state index in [4.69, 9.17) is 4.98 Å². The van der Waals surface area contributed by atoms with Gasteiger partial charge in [0.05, 0.1) is 23.9 Å². The van der Waals surface area contributed by atoms with Gasteiger partial charge in [-0.25, -0.2) is 4.98 Å². The fraction of sp³-hybridized carbons (Fsp3) is 0.312. The van der Waals surface area contributed by atoms with Crippen molar-refractivity contribution in [2.75, 3.05) is 0 Å². The first-order chi connectivity index (χ1) is 10.0. The molecule has 0 bridgehead atoms. The number of hydrogen-bond donors (Lipinski definition) is 0. The van der Waals surface area contributed by atoms with Gasteiger partial charge in [0.15, 0.2) is 4.96 Å². The summed E-state index contributed by atoms with van der Waals surface area (Å²) in [6, 6.07) is 6.14. The molecule has 0 aliphatic carbocycles. The Balaban J connectivity index is 2.30. The van der Waals surface area contributed by atoms with Crippen LogP contribution >= 0.6 is 11.3 Å². The van der Waals surface area contributed by atoms with Crippen LogP contribution in [0.4, 0.5) is 0 Å². The van der Waals surface area contributed by atoms with E-state index < -0.39 is 0 Å². The molecule has 0 aromatic carbocycles. The van der Waals surface area contributed by atoms with Crippen molar-refractivity contribution in [2.24, 2.45) is 0 Å². The van der Waals surface area contributed by atoms with Crippen LogP contribution in [0.2, 0.25) is 0 Å². The summed E-state index contributed by atoms with van der Waals surface area (Å²) in [6.07, 6.45) is 3.88. The first-order valence-corrected chi connectivity index (χ1v) is 7.67. The minimum absolute atomic E-state index is 0.00929. The van der Waals surface area contributed by atoms with Crippen LogP contribution in [0.15, 0.2) is 29.9 Å². The molecule has 0 unspecified atom stereocenters. The van der Waals surface area contributed by atoms with Gasteiger partial charge < -0.3 is 0 Å². The maximum atomic E-state index is 9.20. The van der Waals surface area contributed by atoms with Gasteiger partial charge in [-0.3, -0.25) is 9.38 Å². The third-order valence-corrected chi connectivity index (χ3v) is 4.23. The molecule has 106 valence electrons. The van der Waals surface area contributed by atoms with E-state index in [-0.39, 0.29) is 5.41 Å². The average Bonchev–Trinajstić information content (AvgIpc) is 3.00. The molecule has 21 heavy (non-hydrogen) atoms.